The van der Waals surface area contributed by atoms with Gasteiger partial charge in [-0.05, 0) is 37.8 Å². The summed E-state index contributed by atoms with van der Waals surface area (Å²) in [4.78, 5) is 24.9. The Labute approximate surface area is 156 Å². The molecular formula is C18H22N6O3. The van der Waals surface area contributed by atoms with Crippen LogP contribution < -0.4 is 5.32 Å². The van der Waals surface area contributed by atoms with Crippen LogP contribution in [-0.2, 0) is 13.0 Å². The van der Waals surface area contributed by atoms with Gasteiger partial charge in [-0.2, -0.15) is 0 Å². The van der Waals surface area contributed by atoms with Crippen molar-refractivity contribution < 1.29 is 9.72 Å². The average Bonchev–Trinajstić information content (AvgIpc) is 3.23. The quantitative estimate of drug-likeness (QED) is 0.659. The third kappa shape index (κ3) is 3.49. The Balaban J connectivity index is 1.50. The predicted molar refractivity (Wildman–Crippen MR) is 98.4 cm³/mol. The molecule has 1 fully saturated rings. The Bertz CT molecular complexity index is 847. The lowest BCUT2D eigenvalue weighted by Gasteiger charge is -2.25. The number of nitrogens with one attached hydrogen (secondary N) is 1. The van der Waals surface area contributed by atoms with Crippen LogP contribution in [0.25, 0.3) is 0 Å². The topological polar surface area (TPSA) is 106 Å². The van der Waals surface area contributed by atoms with E-state index in [1.807, 2.05) is 0 Å². The van der Waals surface area contributed by atoms with Crippen molar-refractivity contribution >= 4 is 17.4 Å². The molecule has 1 aromatic carbocycles. The summed E-state index contributed by atoms with van der Waals surface area (Å²) in [7, 11) is 0. The van der Waals surface area contributed by atoms with E-state index in [1.54, 1.807) is 17.0 Å². The molecule has 2 aliphatic rings. The summed E-state index contributed by atoms with van der Waals surface area (Å²) in [5.74, 6) is 1.90. The first kappa shape index (κ1) is 17.4. The Morgan fingerprint density at radius 2 is 1.93 bits per heavy atom. The van der Waals surface area contributed by atoms with Gasteiger partial charge in [0, 0.05) is 37.3 Å². The molecule has 2 aliphatic heterocycles. The molecular weight excluding hydrogens is 348 g/mol. The lowest BCUT2D eigenvalue weighted by Crippen LogP contribution is -2.35. The summed E-state index contributed by atoms with van der Waals surface area (Å²) in [5.41, 5.74) is 0.537. The van der Waals surface area contributed by atoms with Crippen LogP contribution in [0.5, 0.6) is 0 Å². The molecule has 9 nitrogen and oxygen atoms in total. The molecule has 142 valence electrons. The van der Waals surface area contributed by atoms with Gasteiger partial charge in [0.25, 0.3) is 5.69 Å². The number of non-ortho nitro benzene ring substituents is 1. The van der Waals surface area contributed by atoms with Gasteiger partial charge in [-0.3, -0.25) is 10.1 Å². The van der Waals surface area contributed by atoms with Crippen LogP contribution in [-0.4, -0.2) is 37.2 Å². The molecule has 4 rings (SSSR count). The van der Waals surface area contributed by atoms with E-state index in [9.17, 15) is 14.9 Å². The number of nitro groups is 1. The number of likely N-dealkylation sites (tertiary alicyclic amines) is 1. The maximum atomic E-state index is 12.8. The molecule has 0 saturated carbocycles. The number of benzene rings is 1. The Morgan fingerprint density at radius 3 is 2.70 bits per heavy atom. The predicted octanol–water partition coefficient (Wildman–Crippen LogP) is 3.28. The second-order valence-electron chi connectivity index (χ2n) is 7.02. The summed E-state index contributed by atoms with van der Waals surface area (Å²) in [6.45, 7) is 1.57. The second-order valence-corrected chi connectivity index (χ2v) is 7.02. The summed E-state index contributed by atoms with van der Waals surface area (Å²) in [6, 6.07) is 5.57. The number of urea groups is 1. The fourth-order valence-electron chi connectivity index (χ4n) is 3.89. The van der Waals surface area contributed by atoms with E-state index >= 15 is 0 Å². The van der Waals surface area contributed by atoms with Gasteiger partial charge in [-0.15, -0.1) is 10.2 Å². The fraction of sp³-hybridized carbons (Fsp3) is 0.500. The number of hydrogen-bond acceptors (Lipinski definition) is 5. The van der Waals surface area contributed by atoms with E-state index < -0.39 is 4.92 Å². The van der Waals surface area contributed by atoms with E-state index in [0.29, 0.717) is 12.2 Å². The van der Waals surface area contributed by atoms with Crippen molar-refractivity contribution in [3.05, 3.63) is 46.0 Å². The van der Waals surface area contributed by atoms with Crippen molar-refractivity contribution in [2.24, 2.45) is 0 Å². The van der Waals surface area contributed by atoms with E-state index in [-0.39, 0.29) is 17.8 Å². The van der Waals surface area contributed by atoms with Gasteiger partial charge in [0.05, 0.1) is 11.0 Å². The first-order chi connectivity index (χ1) is 13.1. The highest BCUT2D eigenvalue weighted by atomic mass is 16.6. The SMILES string of the molecule is O=C(Nc1ccc([N+](=O)[O-])cc1)N1CCC[C@H]1c1nnc2n1CCCCC2. The molecule has 3 heterocycles. The van der Waals surface area contributed by atoms with Crippen LogP contribution in [0.15, 0.2) is 24.3 Å². The molecule has 0 aliphatic carbocycles. The molecule has 0 unspecified atom stereocenters. The van der Waals surface area contributed by atoms with Crippen molar-refractivity contribution in [2.45, 2.75) is 51.1 Å². The standard InChI is InChI=1S/C18H22N6O3/c25-18(19-13-7-9-14(10-8-13)24(26)27)22-12-4-5-15(22)17-21-20-16-6-2-1-3-11-23(16)17/h7-10,15H,1-6,11-12H2,(H,19,25)/t15-/m0/s1. The highest BCUT2D eigenvalue weighted by Crippen LogP contribution is 2.33. The lowest BCUT2D eigenvalue weighted by atomic mass is 10.2. The molecule has 9 heteroatoms. The van der Waals surface area contributed by atoms with Gasteiger partial charge in [0.1, 0.15) is 5.82 Å². The number of carbonyl (C=O) groups is 1. The van der Waals surface area contributed by atoms with Crippen LogP contribution in [0.2, 0.25) is 0 Å². The largest absolute Gasteiger partial charge is 0.322 e. The zero-order valence-electron chi connectivity index (χ0n) is 15.0. The smallest absolute Gasteiger partial charge is 0.314 e. The molecule has 1 aromatic heterocycles. The van der Waals surface area contributed by atoms with Gasteiger partial charge in [-0.25, -0.2) is 4.79 Å². The Kier molecular flexibility index (Phi) is 4.74. The van der Waals surface area contributed by atoms with Crippen molar-refractivity contribution in [1.29, 1.82) is 0 Å². The number of carbonyl (C=O) groups excluding carboxylic acids is 1. The summed E-state index contributed by atoms with van der Waals surface area (Å²) >= 11 is 0. The number of aryl methyl sites for hydroxylation is 1. The molecule has 2 aromatic rings. The zero-order chi connectivity index (χ0) is 18.8. The zero-order valence-corrected chi connectivity index (χ0v) is 15.0. The highest BCUT2D eigenvalue weighted by molar-refractivity contribution is 5.89. The summed E-state index contributed by atoms with van der Waals surface area (Å²) in [5, 5.41) is 22.4. The molecule has 27 heavy (non-hydrogen) atoms. The monoisotopic (exact) mass is 370 g/mol. The molecule has 1 atom stereocenters. The first-order valence-corrected chi connectivity index (χ1v) is 9.37. The number of hydrogen-bond donors (Lipinski definition) is 1. The van der Waals surface area contributed by atoms with Crippen LogP contribution in [0, 0.1) is 10.1 Å². The molecule has 0 radical (unpaired) electrons. The maximum absolute atomic E-state index is 12.8. The Morgan fingerprint density at radius 1 is 1.11 bits per heavy atom. The van der Waals surface area contributed by atoms with Crippen LogP contribution in [0.3, 0.4) is 0 Å². The number of nitrogens with zero attached hydrogens (tertiary/aromatic N) is 5. The normalized spacial score (nSPS) is 19.4. The highest BCUT2D eigenvalue weighted by Gasteiger charge is 2.34. The van der Waals surface area contributed by atoms with Gasteiger partial charge >= 0.3 is 6.03 Å². The number of aromatic nitrogens is 3. The third-order valence-electron chi connectivity index (χ3n) is 5.28. The molecule has 0 spiro atoms. The molecule has 0 bridgehead atoms. The molecule has 1 saturated heterocycles. The number of amides is 2. The van der Waals surface area contributed by atoms with Crippen molar-refractivity contribution in [2.75, 3.05) is 11.9 Å². The van der Waals surface area contributed by atoms with Crippen molar-refractivity contribution in [1.82, 2.24) is 19.7 Å². The first-order valence-electron chi connectivity index (χ1n) is 9.37. The van der Waals surface area contributed by atoms with Gasteiger partial charge < -0.3 is 14.8 Å². The molecule has 2 amide bonds. The minimum Gasteiger partial charge on any atom is -0.314 e. The minimum absolute atomic E-state index is 0.00167. The number of anilines is 1. The van der Waals surface area contributed by atoms with Crippen molar-refractivity contribution in [3.63, 3.8) is 0 Å². The maximum Gasteiger partial charge on any atom is 0.322 e. The van der Waals surface area contributed by atoms with Crippen LogP contribution >= 0.6 is 0 Å². The van der Waals surface area contributed by atoms with Crippen LogP contribution in [0.1, 0.15) is 49.8 Å². The number of rotatable bonds is 3. The average molecular weight is 370 g/mol. The lowest BCUT2D eigenvalue weighted by molar-refractivity contribution is -0.384. The summed E-state index contributed by atoms with van der Waals surface area (Å²) in [6.07, 6.45) is 6.16. The molecule has 1 N–H and O–H groups in total. The van der Waals surface area contributed by atoms with E-state index in [0.717, 1.165) is 50.3 Å². The van der Waals surface area contributed by atoms with E-state index in [1.165, 1.54) is 18.6 Å². The van der Waals surface area contributed by atoms with E-state index in [2.05, 4.69) is 20.1 Å². The summed E-state index contributed by atoms with van der Waals surface area (Å²) < 4.78 is 2.19. The number of nitro benzene ring substituents is 1. The second kappa shape index (κ2) is 7.34. The minimum atomic E-state index is -0.459. The van der Waals surface area contributed by atoms with E-state index in [4.69, 9.17) is 0 Å². The number of fused-ring (bicyclic) bond motifs is 1. The van der Waals surface area contributed by atoms with Gasteiger partial charge in [0.15, 0.2) is 5.82 Å². The van der Waals surface area contributed by atoms with Gasteiger partial charge in [0.2, 0.25) is 0 Å². The third-order valence-corrected chi connectivity index (χ3v) is 5.28. The van der Waals surface area contributed by atoms with Crippen molar-refractivity contribution in [3.8, 4) is 0 Å². The fourth-order valence-corrected chi connectivity index (χ4v) is 3.89. The Hall–Kier alpha value is -2.97. The van der Waals surface area contributed by atoms with Gasteiger partial charge in [-0.1, -0.05) is 6.42 Å². The van der Waals surface area contributed by atoms with Crippen LogP contribution in [0.4, 0.5) is 16.2 Å².